The standard InChI is InChI=1S/C18H19N3O3S/c1-12-4-3-5-13(2)17(12)20-18(25)21-19-10-14-6-8-15(9-7-14)24-11-16(22)23/h3-10H,11H2,1-2H3,(H,22,23)(H2,20,21,25). The van der Waals surface area contributed by atoms with E-state index < -0.39 is 5.97 Å². The summed E-state index contributed by atoms with van der Waals surface area (Å²) < 4.78 is 5.06. The first-order valence-corrected chi connectivity index (χ1v) is 7.97. The highest BCUT2D eigenvalue weighted by Crippen LogP contribution is 2.19. The monoisotopic (exact) mass is 357 g/mol. The molecule has 0 amide bonds. The third-order valence-corrected chi connectivity index (χ3v) is 3.54. The number of aryl methyl sites for hydroxylation is 2. The second-order valence-electron chi connectivity index (χ2n) is 5.34. The number of anilines is 1. The molecule has 0 atom stereocenters. The van der Waals surface area contributed by atoms with Crippen LogP contribution in [0.3, 0.4) is 0 Å². The van der Waals surface area contributed by atoms with Gasteiger partial charge in [-0.2, -0.15) is 5.10 Å². The highest BCUT2D eigenvalue weighted by atomic mass is 32.1. The molecule has 0 saturated heterocycles. The van der Waals surface area contributed by atoms with Gasteiger partial charge in [-0.1, -0.05) is 18.2 Å². The minimum absolute atomic E-state index is 0.368. The van der Waals surface area contributed by atoms with Crippen molar-refractivity contribution in [3.8, 4) is 5.75 Å². The second-order valence-corrected chi connectivity index (χ2v) is 5.75. The minimum Gasteiger partial charge on any atom is -0.482 e. The van der Waals surface area contributed by atoms with Crippen LogP contribution in [-0.2, 0) is 4.79 Å². The SMILES string of the molecule is Cc1cccc(C)c1NC(=S)NN=Cc1ccc(OCC(=O)O)cc1. The molecule has 0 aliphatic rings. The summed E-state index contributed by atoms with van der Waals surface area (Å²) in [6.07, 6.45) is 1.61. The van der Waals surface area contributed by atoms with Crippen molar-refractivity contribution in [2.45, 2.75) is 13.8 Å². The number of para-hydroxylation sites is 1. The summed E-state index contributed by atoms with van der Waals surface area (Å²) in [6.45, 7) is 3.65. The van der Waals surface area contributed by atoms with E-state index in [1.165, 1.54) is 0 Å². The number of carboxylic acid groups (broad SMARTS) is 1. The Balaban J connectivity index is 1.88. The number of nitrogens with zero attached hydrogens (tertiary/aromatic N) is 1. The molecule has 2 aromatic rings. The van der Waals surface area contributed by atoms with Gasteiger partial charge >= 0.3 is 5.97 Å². The molecule has 2 rings (SSSR count). The van der Waals surface area contributed by atoms with Crippen LogP contribution in [0.15, 0.2) is 47.6 Å². The van der Waals surface area contributed by atoms with Crippen LogP contribution < -0.4 is 15.5 Å². The Morgan fingerprint density at radius 3 is 2.44 bits per heavy atom. The summed E-state index contributed by atoms with van der Waals surface area (Å²) in [7, 11) is 0. The van der Waals surface area contributed by atoms with E-state index in [1.54, 1.807) is 30.5 Å². The van der Waals surface area contributed by atoms with Crippen LogP contribution in [0.4, 0.5) is 5.69 Å². The van der Waals surface area contributed by atoms with Crippen LogP contribution in [0.1, 0.15) is 16.7 Å². The predicted octanol–water partition coefficient (Wildman–Crippen LogP) is 3.09. The largest absolute Gasteiger partial charge is 0.482 e. The number of aliphatic carboxylic acids is 1. The van der Waals surface area contributed by atoms with Crippen LogP contribution in [-0.4, -0.2) is 29.0 Å². The Bertz CT molecular complexity index is 768. The van der Waals surface area contributed by atoms with Gasteiger partial charge in [0.15, 0.2) is 11.7 Å². The molecule has 6 nitrogen and oxygen atoms in total. The van der Waals surface area contributed by atoms with Gasteiger partial charge < -0.3 is 15.2 Å². The molecule has 7 heteroatoms. The van der Waals surface area contributed by atoms with Gasteiger partial charge in [-0.15, -0.1) is 0 Å². The number of thiocarbonyl (C=S) groups is 1. The normalized spacial score (nSPS) is 10.5. The highest BCUT2D eigenvalue weighted by Gasteiger charge is 2.03. The fourth-order valence-corrected chi connectivity index (χ4v) is 2.27. The van der Waals surface area contributed by atoms with Crippen molar-refractivity contribution in [2.24, 2.45) is 5.10 Å². The lowest BCUT2D eigenvalue weighted by molar-refractivity contribution is -0.139. The molecule has 0 saturated carbocycles. The Hall–Kier alpha value is -2.93. The second kappa shape index (κ2) is 8.79. The van der Waals surface area contributed by atoms with E-state index in [-0.39, 0.29) is 6.61 Å². The van der Waals surface area contributed by atoms with Crippen molar-refractivity contribution < 1.29 is 14.6 Å². The predicted molar refractivity (Wildman–Crippen MR) is 102 cm³/mol. The molecule has 25 heavy (non-hydrogen) atoms. The molecule has 0 radical (unpaired) electrons. The maximum atomic E-state index is 10.4. The molecule has 130 valence electrons. The van der Waals surface area contributed by atoms with Crippen LogP contribution >= 0.6 is 12.2 Å². The van der Waals surface area contributed by atoms with Gasteiger partial charge in [-0.05, 0) is 67.0 Å². The van der Waals surface area contributed by atoms with Gasteiger partial charge in [-0.25, -0.2) is 4.79 Å². The van der Waals surface area contributed by atoms with Gasteiger partial charge in [0.25, 0.3) is 0 Å². The fourth-order valence-electron chi connectivity index (χ4n) is 2.11. The van der Waals surface area contributed by atoms with Crippen molar-refractivity contribution in [3.05, 3.63) is 59.2 Å². The summed E-state index contributed by atoms with van der Waals surface area (Å²) >= 11 is 5.24. The number of ether oxygens (including phenoxy) is 1. The van der Waals surface area contributed by atoms with E-state index in [0.717, 1.165) is 22.4 Å². The van der Waals surface area contributed by atoms with Gasteiger partial charge in [0.2, 0.25) is 0 Å². The molecule has 0 aromatic heterocycles. The van der Waals surface area contributed by atoms with Gasteiger partial charge in [-0.3, -0.25) is 5.43 Å². The molecule has 2 aromatic carbocycles. The molecule has 0 spiro atoms. The van der Waals surface area contributed by atoms with Crippen molar-refractivity contribution in [2.75, 3.05) is 11.9 Å². The zero-order chi connectivity index (χ0) is 18.2. The third-order valence-electron chi connectivity index (χ3n) is 3.34. The minimum atomic E-state index is -1.01. The molecule has 0 unspecified atom stereocenters. The summed E-state index contributed by atoms with van der Waals surface area (Å²) in [4.78, 5) is 10.4. The Kier molecular flexibility index (Phi) is 6.47. The van der Waals surface area contributed by atoms with Crippen molar-refractivity contribution >= 4 is 35.2 Å². The highest BCUT2D eigenvalue weighted by molar-refractivity contribution is 7.80. The Morgan fingerprint density at radius 1 is 1.20 bits per heavy atom. The number of nitrogens with one attached hydrogen (secondary N) is 2. The lowest BCUT2D eigenvalue weighted by atomic mass is 10.1. The summed E-state index contributed by atoms with van der Waals surface area (Å²) in [5.74, 6) is -0.528. The van der Waals surface area contributed by atoms with E-state index in [0.29, 0.717) is 10.9 Å². The topological polar surface area (TPSA) is 83.0 Å². The maximum Gasteiger partial charge on any atom is 0.341 e. The third kappa shape index (κ3) is 5.89. The zero-order valence-electron chi connectivity index (χ0n) is 13.9. The number of rotatable bonds is 6. The summed E-state index contributed by atoms with van der Waals surface area (Å²) in [6, 6.07) is 12.9. The van der Waals surface area contributed by atoms with Crippen molar-refractivity contribution in [1.29, 1.82) is 0 Å². The Morgan fingerprint density at radius 2 is 1.84 bits per heavy atom. The summed E-state index contributed by atoms with van der Waals surface area (Å²) in [5, 5.41) is 16.2. The average Bonchev–Trinajstić information content (AvgIpc) is 2.57. The first-order valence-electron chi connectivity index (χ1n) is 7.56. The fraction of sp³-hybridized carbons (Fsp3) is 0.167. The van der Waals surface area contributed by atoms with E-state index >= 15 is 0 Å². The molecule has 0 bridgehead atoms. The first kappa shape index (κ1) is 18.4. The average molecular weight is 357 g/mol. The number of hydrogen-bond donors (Lipinski definition) is 3. The molecule has 0 aliphatic heterocycles. The quantitative estimate of drug-likeness (QED) is 0.419. The number of carbonyl (C=O) groups is 1. The number of hydrazone groups is 1. The van der Waals surface area contributed by atoms with E-state index in [2.05, 4.69) is 15.8 Å². The zero-order valence-corrected chi connectivity index (χ0v) is 14.8. The first-order chi connectivity index (χ1) is 12.0. The lowest BCUT2D eigenvalue weighted by Crippen LogP contribution is -2.24. The van der Waals surface area contributed by atoms with Crippen molar-refractivity contribution in [1.82, 2.24) is 5.43 Å². The number of benzene rings is 2. The number of carboxylic acids is 1. The van der Waals surface area contributed by atoms with E-state index in [4.69, 9.17) is 22.1 Å². The van der Waals surface area contributed by atoms with Crippen LogP contribution in [0.2, 0.25) is 0 Å². The Labute approximate surface area is 151 Å². The smallest absolute Gasteiger partial charge is 0.341 e. The molecular weight excluding hydrogens is 338 g/mol. The molecule has 3 N–H and O–H groups in total. The van der Waals surface area contributed by atoms with Crippen LogP contribution in [0, 0.1) is 13.8 Å². The maximum absolute atomic E-state index is 10.4. The van der Waals surface area contributed by atoms with Gasteiger partial charge in [0.05, 0.1) is 6.21 Å². The molecular formula is C18H19N3O3S. The van der Waals surface area contributed by atoms with Crippen LogP contribution in [0.25, 0.3) is 0 Å². The van der Waals surface area contributed by atoms with E-state index in [1.807, 2.05) is 32.0 Å². The number of hydrogen-bond acceptors (Lipinski definition) is 4. The van der Waals surface area contributed by atoms with Gasteiger partial charge in [0.1, 0.15) is 5.75 Å². The molecule has 0 heterocycles. The lowest BCUT2D eigenvalue weighted by Gasteiger charge is -2.12. The van der Waals surface area contributed by atoms with E-state index in [9.17, 15) is 4.79 Å². The van der Waals surface area contributed by atoms with Gasteiger partial charge in [0, 0.05) is 5.69 Å². The van der Waals surface area contributed by atoms with Crippen LogP contribution in [0.5, 0.6) is 5.75 Å². The van der Waals surface area contributed by atoms with Crippen molar-refractivity contribution in [3.63, 3.8) is 0 Å². The summed E-state index contributed by atoms with van der Waals surface area (Å²) in [5.41, 5.74) is 6.77. The molecule has 0 fully saturated rings. The molecule has 0 aliphatic carbocycles.